The van der Waals surface area contributed by atoms with Gasteiger partial charge in [-0.15, -0.1) is 0 Å². The van der Waals surface area contributed by atoms with Gasteiger partial charge in [-0.2, -0.15) is 0 Å². The maximum absolute atomic E-state index is 10.9. The quantitative estimate of drug-likeness (QED) is 0.786. The minimum atomic E-state index is -0.888. The van der Waals surface area contributed by atoms with Crippen LogP contribution in [0.4, 0.5) is 0 Å². The summed E-state index contributed by atoms with van der Waals surface area (Å²) in [6.45, 7) is 3.54. The Morgan fingerprint density at radius 3 is 2.62 bits per heavy atom. The lowest BCUT2D eigenvalue weighted by molar-refractivity contribution is -0.144. The Morgan fingerprint density at radius 1 is 1.31 bits per heavy atom. The molecule has 3 atom stereocenters. The summed E-state index contributed by atoms with van der Waals surface area (Å²) in [7, 11) is 1.65. The number of piperidine rings is 1. The van der Waals surface area contributed by atoms with E-state index in [-0.39, 0.29) is 12.0 Å². The van der Waals surface area contributed by atoms with E-state index < -0.39 is 5.60 Å². The molecule has 1 aromatic rings. The lowest BCUT2D eigenvalue weighted by Gasteiger charge is -2.44. The van der Waals surface area contributed by atoms with Crippen molar-refractivity contribution >= 4 is 0 Å². The summed E-state index contributed by atoms with van der Waals surface area (Å²) in [5, 5.41) is 14.2. The van der Waals surface area contributed by atoms with Gasteiger partial charge in [-0.25, -0.2) is 0 Å². The molecule has 3 heteroatoms. The second kappa shape index (κ2) is 4.53. The van der Waals surface area contributed by atoms with Crippen molar-refractivity contribution in [3.05, 3.63) is 35.9 Å². The number of hydrogen-bond donors (Lipinski definition) is 2. The fraction of sp³-hybridized carbons (Fsp3) is 0.538. The third-order valence-corrected chi connectivity index (χ3v) is 3.54. The third-order valence-electron chi connectivity index (χ3n) is 3.54. The zero-order chi connectivity index (χ0) is 11.6. The zero-order valence-corrected chi connectivity index (χ0v) is 9.81. The molecule has 2 N–H and O–H groups in total. The van der Waals surface area contributed by atoms with Crippen molar-refractivity contribution in [3.63, 3.8) is 0 Å². The van der Waals surface area contributed by atoms with Crippen LogP contribution in [0.15, 0.2) is 30.3 Å². The summed E-state index contributed by atoms with van der Waals surface area (Å²) in [5.74, 6) is 0.133. The van der Waals surface area contributed by atoms with E-state index in [9.17, 15) is 5.11 Å². The predicted octanol–water partition coefficient (Wildman–Crippen LogP) is 1.13. The van der Waals surface area contributed by atoms with Gasteiger partial charge in [-0.1, -0.05) is 37.3 Å². The number of benzene rings is 1. The fourth-order valence-corrected chi connectivity index (χ4v) is 2.50. The van der Waals surface area contributed by atoms with Crippen molar-refractivity contribution in [2.24, 2.45) is 5.92 Å². The Hall–Kier alpha value is -0.900. The molecule has 3 nitrogen and oxygen atoms in total. The first-order valence-corrected chi connectivity index (χ1v) is 5.71. The van der Waals surface area contributed by atoms with Crippen LogP contribution in [0.25, 0.3) is 0 Å². The molecule has 1 fully saturated rings. The number of nitrogens with one attached hydrogen (secondary N) is 1. The van der Waals surface area contributed by atoms with Crippen LogP contribution in [0.2, 0.25) is 0 Å². The van der Waals surface area contributed by atoms with Gasteiger partial charge in [0.25, 0.3) is 0 Å². The van der Waals surface area contributed by atoms with Crippen molar-refractivity contribution < 1.29 is 9.84 Å². The van der Waals surface area contributed by atoms with Crippen molar-refractivity contribution in [3.8, 4) is 0 Å². The van der Waals surface area contributed by atoms with Crippen molar-refractivity contribution in [2.45, 2.75) is 18.6 Å². The first kappa shape index (κ1) is 11.6. The van der Waals surface area contributed by atoms with Crippen LogP contribution >= 0.6 is 0 Å². The largest absolute Gasteiger partial charge is 0.382 e. The molecule has 0 amide bonds. The molecule has 0 bridgehead atoms. The number of rotatable bonds is 2. The molecular weight excluding hydrogens is 202 g/mol. The maximum atomic E-state index is 10.9. The Balaban J connectivity index is 2.39. The first-order valence-electron chi connectivity index (χ1n) is 5.71. The lowest BCUT2D eigenvalue weighted by Crippen LogP contribution is -2.57. The Labute approximate surface area is 96.4 Å². The molecular formula is C13H19NO2. The number of hydrogen-bond acceptors (Lipinski definition) is 3. The minimum Gasteiger partial charge on any atom is -0.382 e. The van der Waals surface area contributed by atoms with Crippen LogP contribution in [0.1, 0.15) is 12.5 Å². The van der Waals surface area contributed by atoms with E-state index in [4.69, 9.17) is 4.74 Å². The van der Waals surface area contributed by atoms with E-state index in [1.165, 1.54) is 0 Å². The van der Waals surface area contributed by atoms with Crippen LogP contribution < -0.4 is 5.32 Å². The molecule has 1 aromatic carbocycles. The Morgan fingerprint density at radius 2 is 2.00 bits per heavy atom. The number of methoxy groups -OCH3 is 1. The Kier molecular flexibility index (Phi) is 3.28. The summed E-state index contributed by atoms with van der Waals surface area (Å²) < 4.78 is 5.42. The van der Waals surface area contributed by atoms with Crippen LogP contribution in [0, 0.1) is 5.92 Å². The topological polar surface area (TPSA) is 41.5 Å². The van der Waals surface area contributed by atoms with Crippen LogP contribution in [0.5, 0.6) is 0 Å². The molecule has 1 saturated heterocycles. The molecule has 0 aliphatic carbocycles. The average Bonchev–Trinajstić information content (AvgIpc) is 2.34. The summed E-state index contributed by atoms with van der Waals surface area (Å²) in [4.78, 5) is 0. The van der Waals surface area contributed by atoms with Gasteiger partial charge < -0.3 is 15.2 Å². The molecule has 3 unspecified atom stereocenters. The summed E-state index contributed by atoms with van der Waals surface area (Å²) in [5.41, 5.74) is 0.0530. The van der Waals surface area contributed by atoms with E-state index in [2.05, 4.69) is 5.32 Å². The monoisotopic (exact) mass is 221 g/mol. The standard InChI is InChI=1S/C13H19NO2/c1-10-8-14-9-12(16-2)13(10,15)11-6-4-3-5-7-11/h3-7,10,12,14-15H,8-9H2,1-2H3. The second-order valence-corrected chi connectivity index (χ2v) is 4.48. The highest BCUT2D eigenvalue weighted by atomic mass is 16.5. The molecule has 0 spiro atoms. The highest BCUT2D eigenvalue weighted by Crippen LogP contribution is 2.36. The van der Waals surface area contributed by atoms with Crippen molar-refractivity contribution in [1.29, 1.82) is 0 Å². The average molecular weight is 221 g/mol. The van der Waals surface area contributed by atoms with Gasteiger partial charge in [0.05, 0.1) is 0 Å². The van der Waals surface area contributed by atoms with Gasteiger partial charge in [0, 0.05) is 26.1 Å². The lowest BCUT2D eigenvalue weighted by atomic mass is 9.75. The molecule has 0 radical (unpaired) electrons. The Bertz CT molecular complexity index is 341. The van der Waals surface area contributed by atoms with Crippen molar-refractivity contribution in [1.82, 2.24) is 5.32 Å². The van der Waals surface area contributed by atoms with E-state index in [0.717, 1.165) is 12.1 Å². The van der Waals surface area contributed by atoms with Gasteiger partial charge in [0.15, 0.2) is 0 Å². The summed E-state index contributed by atoms with van der Waals surface area (Å²) in [6.07, 6.45) is -0.196. The highest BCUT2D eigenvalue weighted by Gasteiger charge is 2.45. The van der Waals surface area contributed by atoms with Crippen LogP contribution in [0.3, 0.4) is 0 Å². The SMILES string of the molecule is COC1CNCC(C)C1(O)c1ccccc1. The molecule has 0 saturated carbocycles. The first-order chi connectivity index (χ1) is 7.69. The summed E-state index contributed by atoms with van der Waals surface area (Å²) in [6, 6.07) is 9.80. The van der Waals surface area contributed by atoms with Gasteiger partial charge in [0.2, 0.25) is 0 Å². The van der Waals surface area contributed by atoms with Crippen LogP contribution in [-0.4, -0.2) is 31.4 Å². The molecule has 1 aliphatic rings. The summed E-state index contributed by atoms with van der Waals surface area (Å²) >= 11 is 0. The van der Waals surface area contributed by atoms with Gasteiger partial charge >= 0.3 is 0 Å². The molecule has 88 valence electrons. The van der Waals surface area contributed by atoms with E-state index in [1.807, 2.05) is 37.3 Å². The maximum Gasteiger partial charge on any atom is 0.121 e. The second-order valence-electron chi connectivity index (χ2n) is 4.48. The zero-order valence-electron chi connectivity index (χ0n) is 9.81. The van der Waals surface area contributed by atoms with Gasteiger partial charge in [-0.05, 0) is 5.56 Å². The van der Waals surface area contributed by atoms with Gasteiger partial charge in [-0.3, -0.25) is 0 Å². The number of aliphatic hydroxyl groups is 1. The molecule has 1 aliphatic heterocycles. The minimum absolute atomic E-state index is 0.133. The normalized spacial score (nSPS) is 34.9. The third kappa shape index (κ3) is 1.75. The molecule has 1 heterocycles. The van der Waals surface area contributed by atoms with Gasteiger partial charge in [0.1, 0.15) is 11.7 Å². The fourth-order valence-electron chi connectivity index (χ4n) is 2.50. The molecule has 2 rings (SSSR count). The van der Waals surface area contributed by atoms with E-state index in [0.29, 0.717) is 6.54 Å². The smallest absolute Gasteiger partial charge is 0.121 e. The predicted molar refractivity (Wildman–Crippen MR) is 63.2 cm³/mol. The number of ether oxygens (including phenoxy) is 1. The van der Waals surface area contributed by atoms with E-state index >= 15 is 0 Å². The van der Waals surface area contributed by atoms with Crippen molar-refractivity contribution in [2.75, 3.05) is 20.2 Å². The molecule has 16 heavy (non-hydrogen) atoms. The van der Waals surface area contributed by atoms with Crippen LogP contribution in [-0.2, 0) is 10.3 Å². The van der Waals surface area contributed by atoms with E-state index in [1.54, 1.807) is 7.11 Å². The molecule has 0 aromatic heterocycles. The highest BCUT2D eigenvalue weighted by molar-refractivity contribution is 5.26.